The van der Waals surface area contributed by atoms with Crippen LogP contribution in [0.25, 0.3) is 11.3 Å². The molecule has 13 heteroatoms. The molecule has 0 spiro atoms. The first-order chi connectivity index (χ1) is 20.4. The van der Waals surface area contributed by atoms with E-state index in [2.05, 4.69) is 65.2 Å². The first kappa shape index (κ1) is 31.4. The monoisotopic (exact) mass is 615 g/mol. The van der Waals surface area contributed by atoms with E-state index in [1.54, 1.807) is 24.3 Å². The van der Waals surface area contributed by atoms with Crippen molar-refractivity contribution < 1.29 is 27.1 Å². The Bertz CT molecular complexity index is 1540. The third-order valence-electron chi connectivity index (χ3n) is 8.35. The van der Waals surface area contributed by atoms with Gasteiger partial charge in [0.2, 0.25) is 5.95 Å². The number of fused-ring (bicyclic) bond motifs is 1. The molecule has 2 aromatic heterocycles. The van der Waals surface area contributed by atoms with Gasteiger partial charge in [0.15, 0.2) is 28.8 Å². The van der Waals surface area contributed by atoms with Gasteiger partial charge in [-0.25, -0.2) is 14.4 Å². The van der Waals surface area contributed by atoms with Crippen LogP contribution in [-0.2, 0) is 4.79 Å². The number of rotatable bonds is 6. The molecule has 2 aliphatic rings. The van der Waals surface area contributed by atoms with Crippen molar-refractivity contribution in [3.05, 3.63) is 48.4 Å². The fourth-order valence-electron chi connectivity index (χ4n) is 6.03. The molecule has 3 aromatic rings. The molecule has 9 nitrogen and oxygen atoms in total. The topological polar surface area (TPSA) is 95.5 Å². The van der Waals surface area contributed by atoms with Crippen molar-refractivity contribution in [2.24, 2.45) is 0 Å². The molecular weight excluding hydrogens is 578 g/mol. The Morgan fingerprint density at radius 1 is 1.02 bits per heavy atom. The fraction of sp³-hybridized carbons (Fsp3) is 0.484. The summed E-state index contributed by atoms with van der Waals surface area (Å²) in [6.45, 7) is 9.87. The third kappa shape index (κ3) is 6.28. The van der Waals surface area contributed by atoms with E-state index < -0.39 is 30.0 Å². The Hall–Kier alpha value is -4.00. The van der Waals surface area contributed by atoms with E-state index in [0.29, 0.717) is 10.5 Å². The SMILES string of the molecule is CN1C(C)(C)CC(Nc2nc(Nc3cnc4c(c3)OC(C)(C)C(=O)N4CC(F)(F)F)nc(-c3ccccc3)c2F)CC1(C)C. The highest BCUT2D eigenvalue weighted by atomic mass is 19.4. The predicted octanol–water partition coefficient (Wildman–Crippen LogP) is 6.55. The van der Waals surface area contributed by atoms with Gasteiger partial charge < -0.3 is 15.4 Å². The van der Waals surface area contributed by atoms with E-state index in [4.69, 9.17) is 4.74 Å². The number of nitrogens with zero attached hydrogens (tertiary/aromatic N) is 5. The Balaban J connectivity index is 1.51. The number of nitrogens with one attached hydrogen (secondary N) is 2. The quantitative estimate of drug-likeness (QED) is 0.302. The number of benzene rings is 1. The molecule has 0 bridgehead atoms. The number of aromatic nitrogens is 3. The van der Waals surface area contributed by atoms with Crippen LogP contribution in [0.3, 0.4) is 0 Å². The summed E-state index contributed by atoms with van der Waals surface area (Å²) in [7, 11) is 2.09. The van der Waals surface area contributed by atoms with E-state index in [-0.39, 0.29) is 51.8 Å². The first-order valence-corrected chi connectivity index (χ1v) is 14.3. The highest BCUT2D eigenvalue weighted by molar-refractivity contribution is 6.01. The summed E-state index contributed by atoms with van der Waals surface area (Å²) in [6, 6.07) is 10.2. The molecule has 2 aliphatic heterocycles. The molecular formula is C31H37F4N7O2. The summed E-state index contributed by atoms with van der Waals surface area (Å²) in [5, 5.41) is 6.33. The molecule has 44 heavy (non-hydrogen) atoms. The molecule has 5 rings (SSSR count). The molecule has 1 saturated heterocycles. The highest BCUT2D eigenvalue weighted by Gasteiger charge is 2.46. The fourth-order valence-corrected chi connectivity index (χ4v) is 6.03. The maximum Gasteiger partial charge on any atom is 0.406 e. The number of halogens is 4. The van der Waals surface area contributed by atoms with Crippen molar-refractivity contribution in [1.82, 2.24) is 19.9 Å². The molecule has 2 N–H and O–H groups in total. The van der Waals surface area contributed by atoms with Crippen molar-refractivity contribution in [2.75, 3.05) is 29.1 Å². The molecule has 0 atom stereocenters. The minimum atomic E-state index is -4.64. The van der Waals surface area contributed by atoms with Gasteiger partial charge in [-0.05, 0) is 61.4 Å². The van der Waals surface area contributed by atoms with Gasteiger partial charge in [0.25, 0.3) is 5.91 Å². The Labute approximate surface area is 254 Å². The number of piperidine rings is 1. The van der Waals surface area contributed by atoms with Gasteiger partial charge in [0, 0.05) is 28.7 Å². The third-order valence-corrected chi connectivity index (χ3v) is 8.35. The normalized spacial score (nSPS) is 19.7. The number of carbonyl (C=O) groups excluding carboxylic acids is 1. The van der Waals surface area contributed by atoms with E-state index >= 15 is 4.39 Å². The van der Waals surface area contributed by atoms with Crippen molar-refractivity contribution in [1.29, 1.82) is 0 Å². The lowest BCUT2D eigenvalue weighted by atomic mass is 9.77. The molecule has 0 saturated carbocycles. The Morgan fingerprint density at radius 2 is 1.66 bits per heavy atom. The van der Waals surface area contributed by atoms with Gasteiger partial charge in [-0.2, -0.15) is 18.2 Å². The molecule has 1 amide bonds. The largest absolute Gasteiger partial charge is 0.474 e. The van der Waals surface area contributed by atoms with Gasteiger partial charge in [0.05, 0.1) is 11.9 Å². The number of anilines is 4. The van der Waals surface area contributed by atoms with Crippen LogP contribution >= 0.6 is 0 Å². The van der Waals surface area contributed by atoms with Crippen molar-refractivity contribution >= 4 is 29.2 Å². The summed E-state index contributed by atoms with van der Waals surface area (Å²) in [6.07, 6.45) is -1.90. The summed E-state index contributed by atoms with van der Waals surface area (Å²) in [5.74, 6) is -1.68. The van der Waals surface area contributed by atoms with Crippen molar-refractivity contribution in [3.63, 3.8) is 0 Å². The van der Waals surface area contributed by atoms with Gasteiger partial charge in [-0.15, -0.1) is 0 Å². The molecule has 236 valence electrons. The second-order valence-electron chi connectivity index (χ2n) is 13.1. The predicted molar refractivity (Wildman–Crippen MR) is 161 cm³/mol. The number of pyridine rings is 1. The van der Waals surface area contributed by atoms with Gasteiger partial charge in [0.1, 0.15) is 12.2 Å². The van der Waals surface area contributed by atoms with Crippen LogP contribution in [0.15, 0.2) is 42.6 Å². The average molecular weight is 616 g/mol. The first-order valence-electron chi connectivity index (χ1n) is 14.3. The number of amides is 1. The van der Waals surface area contributed by atoms with Crippen LogP contribution in [0.2, 0.25) is 0 Å². The minimum absolute atomic E-state index is 0.0211. The lowest BCUT2D eigenvalue weighted by molar-refractivity contribution is -0.142. The van der Waals surface area contributed by atoms with Gasteiger partial charge in [-0.1, -0.05) is 30.3 Å². The lowest BCUT2D eigenvalue weighted by Crippen LogP contribution is -2.61. The number of hydrogen-bond donors (Lipinski definition) is 2. The van der Waals surface area contributed by atoms with Gasteiger partial charge in [-0.3, -0.25) is 14.6 Å². The molecule has 0 radical (unpaired) electrons. The average Bonchev–Trinajstić information content (AvgIpc) is 2.91. The van der Waals surface area contributed by atoms with E-state index in [0.717, 1.165) is 12.8 Å². The van der Waals surface area contributed by atoms with Gasteiger partial charge >= 0.3 is 6.18 Å². The number of ether oxygens (including phenoxy) is 1. The second kappa shape index (κ2) is 10.9. The maximum absolute atomic E-state index is 16.0. The maximum atomic E-state index is 16.0. The summed E-state index contributed by atoms with van der Waals surface area (Å²) in [5.41, 5.74) is -0.983. The summed E-state index contributed by atoms with van der Waals surface area (Å²) in [4.78, 5) is 28.7. The molecule has 0 aliphatic carbocycles. The van der Waals surface area contributed by atoms with Crippen LogP contribution in [0.1, 0.15) is 54.4 Å². The van der Waals surface area contributed by atoms with E-state index in [1.165, 1.54) is 26.1 Å². The second-order valence-corrected chi connectivity index (χ2v) is 13.1. The molecule has 1 fully saturated rings. The number of alkyl halides is 3. The summed E-state index contributed by atoms with van der Waals surface area (Å²) >= 11 is 0. The van der Waals surface area contributed by atoms with Crippen LogP contribution in [0, 0.1) is 5.82 Å². The van der Waals surface area contributed by atoms with Crippen LogP contribution in [0.4, 0.5) is 40.8 Å². The smallest absolute Gasteiger partial charge is 0.406 e. The van der Waals surface area contributed by atoms with E-state index in [9.17, 15) is 18.0 Å². The molecule has 4 heterocycles. The summed E-state index contributed by atoms with van der Waals surface area (Å²) < 4.78 is 61.7. The standard InChI is InChI=1S/C31H37F4N7O2/c1-28(2)14-20(15-29(3,4)41(28)7)37-24-22(32)23(18-11-9-8-10-12-18)39-27(40-24)38-19-13-21-25(36-16-19)42(17-31(33,34)35)26(43)30(5,6)44-21/h8-13,16,20H,14-15,17H2,1-7H3,(H2,37,38,39,40). The zero-order chi connectivity index (χ0) is 32.2. The molecule has 1 aromatic carbocycles. The number of carbonyl (C=O) groups is 1. The zero-order valence-corrected chi connectivity index (χ0v) is 25.8. The van der Waals surface area contributed by atoms with Crippen molar-refractivity contribution in [3.8, 4) is 17.0 Å². The number of hydrogen-bond acceptors (Lipinski definition) is 8. The molecule has 0 unspecified atom stereocenters. The zero-order valence-electron chi connectivity index (χ0n) is 25.8. The highest BCUT2D eigenvalue weighted by Crippen LogP contribution is 2.41. The van der Waals surface area contributed by atoms with Crippen LogP contribution < -0.4 is 20.3 Å². The van der Waals surface area contributed by atoms with Crippen LogP contribution in [-0.4, -0.2) is 68.2 Å². The lowest BCUT2D eigenvalue weighted by Gasteiger charge is -2.53. The Kier molecular flexibility index (Phi) is 7.76. The van der Waals surface area contributed by atoms with Crippen LogP contribution in [0.5, 0.6) is 5.75 Å². The van der Waals surface area contributed by atoms with E-state index in [1.807, 2.05) is 6.07 Å². The minimum Gasteiger partial charge on any atom is -0.474 e. The van der Waals surface area contributed by atoms with Crippen molar-refractivity contribution in [2.45, 2.75) is 83.3 Å². The number of likely N-dealkylation sites (tertiary alicyclic amines) is 1. The Morgan fingerprint density at radius 3 is 2.27 bits per heavy atom.